The van der Waals surface area contributed by atoms with Crippen LogP contribution < -0.4 is 5.32 Å². The number of rotatable bonds is 5. The first kappa shape index (κ1) is 19.6. The van der Waals surface area contributed by atoms with Gasteiger partial charge in [0.1, 0.15) is 5.60 Å². The van der Waals surface area contributed by atoms with Crippen LogP contribution in [0.15, 0.2) is 17.7 Å². The molecule has 1 spiro atoms. The molecule has 0 atom stereocenters. The van der Waals surface area contributed by atoms with Crippen molar-refractivity contribution in [2.45, 2.75) is 70.4 Å². The third kappa shape index (κ3) is 4.18. The molecule has 1 saturated heterocycles. The van der Waals surface area contributed by atoms with Crippen LogP contribution >= 0.6 is 11.3 Å². The van der Waals surface area contributed by atoms with E-state index in [0.717, 1.165) is 56.5 Å². The molecule has 1 N–H and O–H groups in total. The van der Waals surface area contributed by atoms with E-state index in [4.69, 9.17) is 4.74 Å². The molecular formula is C22H30N2O3S. The summed E-state index contributed by atoms with van der Waals surface area (Å²) >= 11 is 1.60. The molecule has 6 heteroatoms. The van der Waals surface area contributed by atoms with Crippen molar-refractivity contribution in [2.75, 3.05) is 19.7 Å². The highest BCUT2D eigenvalue weighted by Gasteiger charge is 2.43. The topological polar surface area (TPSA) is 58.6 Å². The fourth-order valence-corrected chi connectivity index (χ4v) is 5.46. The van der Waals surface area contributed by atoms with Crippen molar-refractivity contribution in [3.63, 3.8) is 0 Å². The zero-order chi connectivity index (χ0) is 19.7. The summed E-state index contributed by atoms with van der Waals surface area (Å²) in [6, 6.07) is 2.44. The number of likely N-dealkylation sites (tertiary alicyclic amines) is 1. The van der Waals surface area contributed by atoms with Gasteiger partial charge in [0.05, 0.1) is 11.5 Å². The Labute approximate surface area is 171 Å². The van der Waals surface area contributed by atoms with Crippen molar-refractivity contribution >= 4 is 23.2 Å². The van der Waals surface area contributed by atoms with E-state index in [0.29, 0.717) is 19.1 Å². The van der Waals surface area contributed by atoms with E-state index in [9.17, 15) is 9.59 Å². The molecule has 0 radical (unpaired) electrons. The van der Waals surface area contributed by atoms with Gasteiger partial charge in [0.2, 0.25) is 5.91 Å². The maximum atomic E-state index is 12.5. The molecule has 0 bridgehead atoms. The molecule has 1 aromatic heterocycles. The number of hydrogen-bond donors (Lipinski definition) is 1. The largest absolute Gasteiger partial charge is 0.369 e. The third-order valence-electron chi connectivity index (χ3n) is 5.94. The molecule has 2 amide bonds. The molecule has 4 rings (SSSR count). The standard InChI is InChI=1S/C22H30N2O3S/c1-15(2)4-3-5-19(25)24-11-9-22(10-12-24)20-16(8-13-27-22)14-18(28-20)21(26)23-17-6-7-17/h4,14,17H,3,5-13H2,1-2H3,(H,23,26). The number of piperidine rings is 1. The molecule has 152 valence electrons. The van der Waals surface area contributed by atoms with Crippen molar-refractivity contribution in [2.24, 2.45) is 0 Å². The highest BCUT2D eigenvalue weighted by Crippen LogP contribution is 2.45. The average molecular weight is 403 g/mol. The molecule has 0 aromatic carbocycles. The minimum absolute atomic E-state index is 0.0592. The second-order valence-electron chi connectivity index (χ2n) is 8.51. The van der Waals surface area contributed by atoms with Crippen molar-refractivity contribution in [1.82, 2.24) is 10.2 Å². The molecule has 1 saturated carbocycles. The lowest BCUT2D eigenvalue weighted by atomic mass is 9.85. The Bertz CT molecular complexity index is 782. The molecule has 0 unspecified atom stereocenters. The minimum atomic E-state index is -0.312. The number of hydrogen-bond acceptors (Lipinski definition) is 4. The molecule has 5 nitrogen and oxygen atoms in total. The van der Waals surface area contributed by atoms with Gasteiger partial charge in [0, 0.05) is 30.4 Å². The minimum Gasteiger partial charge on any atom is -0.369 e. The van der Waals surface area contributed by atoms with E-state index in [1.165, 1.54) is 16.0 Å². The van der Waals surface area contributed by atoms with Crippen molar-refractivity contribution < 1.29 is 14.3 Å². The highest BCUT2D eigenvalue weighted by atomic mass is 32.1. The Morgan fingerprint density at radius 1 is 1.32 bits per heavy atom. The number of carbonyl (C=O) groups is 2. The van der Waals surface area contributed by atoms with Crippen molar-refractivity contribution in [3.8, 4) is 0 Å². The number of fused-ring (bicyclic) bond motifs is 2. The molecule has 3 aliphatic rings. The lowest BCUT2D eigenvalue weighted by molar-refractivity contribution is -0.140. The quantitative estimate of drug-likeness (QED) is 0.763. The molecule has 2 aliphatic heterocycles. The van der Waals surface area contributed by atoms with Crippen LogP contribution in [0.25, 0.3) is 0 Å². The summed E-state index contributed by atoms with van der Waals surface area (Å²) in [7, 11) is 0. The van der Waals surface area contributed by atoms with Gasteiger partial charge in [-0.1, -0.05) is 11.6 Å². The molecular weight excluding hydrogens is 372 g/mol. The van der Waals surface area contributed by atoms with Crippen LogP contribution in [0, 0.1) is 0 Å². The Balaban J connectivity index is 1.41. The third-order valence-corrected chi connectivity index (χ3v) is 7.31. The summed E-state index contributed by atoms with van der Waals surface area (Å²) in [5.41, 5.74) is 2.21. The van der Waals surface area contributed by atoms with Crippen molar-refractivity contribution in [1.29, 1.82) is 0 Å². The van der Waals surface area contributed by atoms with Gasteiger partial charge < -0.3 is 15.0 Å². The van der Waals surface area contributed by atoms with Crippen molar-refractivity contribution in [3.05, 3.63) is 33.0 Å². The van der Waals surface area contributed by atoms with Crippen LogP contribution in [0.1, 0.15) is 72.5 Å². The maximum absolute atomic E-state index is 12.5. The summed E-state index contributed by atoms with van der Waals surface area (Å²) < 4.78 is 6.29. The number of nitrogens with zero attached hydrogens (tertiary/aromatic N) is 1. The fourth-order valence-electron chi connectivity index (χ4n) is 4.15. The van der Waals surface area contributed by atoms with Gasteiger partial charge in [-0.2, -0.15) is 0 Å². The number of ether oxygens (including phenoxy) is 1. The van der Waals surface area contributed by atoms with Crippen LogP contribution in [0.5, 0.6) is 0 Å². The predicted molar refractivity (Wildman–Crippen MR) is 111 cm³/mol. The van der Waals surface area contributed by atoms with E-state index in [1.54, 1.807) is 11.3 Å². The van der Waals surface area contributed by atoms with Gasteiger partial charge in [-0.15, -0.1) is 11.3 Å². The maximum Gasteiger partial charge on any atom is 0.261 e. The van der Waals surface area contributed by atoms with Gasteiger partial charge in [-0.05, 0) is 64.0 Å². The van der Waals surface area contributed by atoms with E-state index in [1.807, 2.05) is 4.90 Å². The van der Waals surface area contributed by atoms with Crippen LogP contribution in [0.4, 0.5) is 0 Å². The number of amides is 2. The Morgan fingerprint density at radius 2 is 2.07 bits per heavy atom. The molecule has 1 aliphatic carbocycles. The second kappa shape index (κ2) is 7.99. The molecule has 1 aromatic rings. The number of allylic oxidation sites excluding steroid dienone is 2. The summed E-state index contributed by atoms with van der Waals surface area (Å²) in [6.45, 7) is 6.28. The molecule has 28 heavy (non-hydrogen) atoms. The summed E-state index contributed by atoms with van der Waals surface area (Å²) in [5.74, 6) is 0.294. The SMILES string of the molecule is CC(C)=CCCC(=O)N1CCC2(CC1)OCCc1cc(C(=O)NC3CC3)sc12. The lowest BCUT2D eigenvalue weighted by Gasteiger charge is -2.43. The normalized spacial score (nSPS) is 20.6. The Kier molecular flexibility index (Phi) is 5.61. The Hall–Kier alpha value is -1.66. The number of carbonyl (C=O) groups excluding carboxylic acids is 2. The summed E-state index contributed by atoms with van der Waals surface area (Å²) in [5, 5.41) is 3.09. The predicted octanol–water partition coefficient (Wildman–Crippen LogP) is 3.78. The monoisotopic (exact) mass is 402 g/mol. The van der Waals surface area contributed by atoms with Gasteiger partial charge in [0.25, 0.3) is 5.91 Å². The second-order valence-corrected chi connectivity index (χ2v) is 9.56. The first-order valence-corrected chi connectivity index (χ1v) is 11.3. The van der Waals surface area contributed by atoms with Crippen LogP contribution in [-0.2, 0) is 21.6 Å². The lowest BCUT2D eigenvalue weighted by Crippen LogP contribution is -2.47. The van der Waals surface area contributed by atoms with E-state index >= 15 is 0 Å². The average Bonchev–Trinajstić information content (AvgIpc) is 3.36. The van der Waals surface area contributed by atoms with E-state index in [-0.39, 0.29) is 17.4 Å². The first-order chi connectivity index (χ1) is 13.5. The van der Waals surface area contributed by atoms with E-state index < -0.39 is 0 Å². The number of thiophene rings is 1. The zero-order valence-corrected chi connectivity index (χ0v) is 17.7. The van der Waals surface area contributed by atoms with Crippen LogP contribution in [0.3, 0.4) is 0 Å². The fraction of sp³-hybridized carbons (Fsp3) is 0.636. The zero-order valence-electron chi connectivity index (χ0n) is 16.9. The van der Waals surface area contributed by atoms with Gasteiger partial charge >= 0.3 is 0 Å². The summed E-state index contributed by atoms with van der Waals surface area (Å²) in [6.07, 6.45) is 8.22. The summed E-state index contributed by atoms with van der Waals surface area (Å²) in [4.78, 5) is 29.0. The van der Waals surface area contributed by atoms with Gasteiger partial charge in [-0.3, -0.25) is 9.59 Å². The highest BCUT2D eigenvalue weighted by molar-refractivity contribution is 7.14. The van der Waals surface area contributed by atoms with Gasteiger partial charge in [0.15, 0.2) is 0 Å². The van der Waals surface area contributed by atoms with E-state index in [2.05, 4.69) is 31.3 Å². The number of nitrogens with one attached hydrogen (secondary N) is 1. The first-order valence-electron chi connectivity index (χ1n) is 10.5. The smallest absolute Gasteiger partial charge is 0.261 e. The Morgan fingerprint density at radius 3 is 2.75 bits per heavy atom. The van der Waals surface area contributed by atoms with Gasteiger partial charge in [-0.25, -0.2) is 0 Å². The van der Waals surface area contributed by atoms with Crippen LogP contribution in [-0.4, -0.2) is 42.5 Å². The molecule has 2 fully saturated rings. The van der Waals surface area contributed by atoms with Crippen LogP contribution in [0.2, 0.25) is 0 Å². The molecule has 3 heterocycles.